The molecule has 0 bridgehead atoms. The summed E-state index contributed by atoms with van der Waals surface area (Å²) in [6.45, 7) is 0.304. The van der Waals surface area contributed by atoms with Crippen molar-refractivity contribution in [2.45, 2.75) is 6.54 Å². The number of aromatic hydroxyl groups is 1. The number of urea groups is 1. The lowest BCUT2D eigenvalue weighted by atomic mass is 10.2. The van der Waals surface area contributed by atoms with E-state index >= 15 is 0 Å². The fourth-order valence-corrected chi connectivity index (χ4v) is 1.65. The predicted octanol–water partition coefficient (Wildman–Crippen LogP) is 1.81. The van der Waals surface area contributed by atoms with Gasteiger partial charge in [-0.3, -0.25) is 4.98 Å². The highest BCUT2D eigenvalue weighted by Gasteiger charge is 2.10. The number of nitrogens with one attached hydrogen (secondary N) is 2. The summed E-state index contributed by atoms with van der Waals surface area (Å²) in [7, 11) is 0. The Morgan fingerprint density at radius 2 is 2.05 bits per heavy atom. The van der Waals surface area contributed by atoms with E-state index in [1.807, 2.05) is 6.07 Å². The highest BCUT2D eigenvalue weighted by Crippen LogP contribution is 2.21. The Labute approximate surface area is 120 Å². The molecule has 108 valence electrons. The molecule has 0 fully saturated rings. The standard InChI is InChI=1S/C14H13N3O4/c18-12-6-10(3-4-11(12)13(19)20)17-14(21)16-8-9-2-1-5-15-7-9/h1-7,18H,8H2,(H,19,20)(H2,16,17,21). The van der Waals surface area contributed by atoms with Crippen molar-refractivity contribution in [2.75, 3.05) is 5.32 Å². The van der Waals surface area contributed by atoms with Crippen LogP contribution in [0, 0.1) is 0 Å². The SMILES string of the molecule is O=C(NCc1cccnc1)Nc1ccc(C(=O)O)c(O)c1. The van der Waals surface area contributed by atoms with Crippen LogP contribution in [0.3, 0.4) is 0 Å². The molecule has 0 aliphatic heterocycles. The second kappa shape index (κ2) is 6.38. The lowest BCUT2D eigenvalue weighted by Crippen LogP contribution is -2.28. The lowest BCUT2D eigenvalue weighted by molar-refractivity contribution is 0.0694. The van der Waals surface area contributed by atoms with Crippen LogP contribution in [0.15, 0.2) is 42.7 Å². The summed E-state index contributed by atoms with van der Waals surface area (Å²) in [5.74, 6) is -1.65. The van der Waals surface area contributed by atoms with Crippen molar-refractivity contribution in [1.82, 2.24) is 10.3 Å². The number of carbonyl (C=O) groups excluding carboxylic acids is 1. The number of benzene rings is 1. The third kappa shape index (κ3) is 3.93. The second-order valence-electron chi connectivity index (χ2n) is 4.21. The Bertz CT molecular complexity index is 659. The fraction of sp³-hybridized carbons (Fsp3) is 0.0714. The van der Waals surface area contributed by atoms with Gasteiger partial charge in [0.2, 0.25) is 0 Å². The number of carboxylic acid groups (broad SMARTS) is 1. The van der Waals surface area contributed by atoms with Gasteiger partial charge in [0.25, 0.3) is 0 Å². The fourth-order valence-electron chi connectivity index (χ4n) is 1.65. The van der Waals surface area contributed by atoms with Crippen LogP contribution in [0.2, 0.25) is 0 Å². The first kappa shape index (κ1) is 14.3. The number of phenols is 1. The minimum Gasteiger partial charge on any atom is -0.507 e. The molecule has 0 saturated carbocycles. The van der Waals surface area contributed by atoms with Gasteiger partial charge in [-0.1, -0.05) is 6.07 Å². The molecule has 1 heterocycles. The van der Waals surface area contributed by atoms with Crippen molar-refractivity contribution < 1.29 is 19.8 Å². The van der Waals surface area contributed by atoms with Crippen LogP contribution in [-0.4, -0.2) is 27.2 Å². The van der Waals surface area contributed by atoms with E-state index in [-0.39, 0.29) is 5.56 Å². The van der Waals surface area contributed by atoms with Crippen LogP contribution in [0.5, 0.6) is 5.75 Å². The third-order valence-corrected chi connectivity index (χ3v) is 2.66. The molecule has 2 amide bonds. The molecule has 1 aromatic carbocycles. The van der Waals surface area contributed by atoms with Crippen LogP contribution in [-0.2, 0) is 6.54 Å². The van der Waals surface area contributed by atoms with E-state index in [2.05, 4.69) is 15.6 Å². The van der Waals surface area contributed by atoms with Crippen molar-refractivity contribution in [3.8, 4) is 5.75 Å². The molecule has 0 unspecified atom stereocenters. The highest BCUT2D eigenvalue weighted by molar-refractivity contribution is 5.93. The molecular weight excluding hydrogens is 274 g/mol. The Hall–Kier alpha value is -3.09. The molecule has 2 aromatic rings. The van der Waals surface area contributed by atoms with E-state index in [0.717, 1.165) is 5.56 Å². The van der Waals surface area contributed by atoms with E-state index in [1.54, 1.807) is 18.5 Å². The summed E-state index contributed by atoms with van der Waals surface area (Å²) < 4.78 is 0. The minimum absolute atomic E-state index is 0.226. The quantitative estimate of drug-likeness (QED) is 0.685. The zero-order valence-corrected chi connectivity index (χ0v) is 10.9. The van der Waals surface area contributed by atoms with E-state index in [1.165, 1.54) is 18.2 Å². The van der Waals surface area contributed by atoms with Gasteiger partial charge in [0, 0.05) is 30.7 Å². The number of pyridine rings is 1. The normalized spacial score (nSPS) is 9.90. The molecule has 4 N–H and O–H groups in total. The first-order valence-corrected chi connectivity index (χ1v) is 6.06. The van der Waals surface area contributed by atoms with Crippen molar-refractivity contribution in [3.63, 3.8) is 0 Å². The van der Waals surface area contributed by atoms with Gasteiger partial charge in [-0.2, -0.15) is 0 Å². The Morgan fingerprint density at radius 1 is 1.24 bits per heavy atom. The molecule has 0 atom stereocenters. The van der Waals surface area contributed by atoms with Crippen LogP contribution >= 0.6 is 0 Å². The number of anilines is 1. The number of aromatic carboxylic acids is 1. The number of nitrogens with zero attached hydrogens (tertiary/aromatic N) is 1. The van der Waals surface area contributed by atoms with Crippen molar-refractivity contribution >= 4 is 17.7 Å². The Balaban J connectivity index is 1.94. The Morgan fingerprint density at radius 3 is 2.67 bits per heavy atom. The van der Waals surface area contributed by atoms with E-state index in [4.69, 9.17) is 5.11 Å². The van der Waals surface area contributed by atoms with Gasteiger partial charge in [-0.05, 0) is 23.8 Å². The average Bonchev–Trinajstić information content (AvgIpc) is 2.46. The summed E-state index contributed by atoms with van der Waals surface area (Å²) in [5, 5.41) is 23.4. The first-order valence-electron chi connectivity index (χ1n) is 6.06. The summed E-state index contributed by atoms with van der Waals surface area (Å²) >= 11 is 0. The molecule has 0 aliphatic rings. The monoisotopic (exact) mass is 287 g/mol. The zero-order valence-electron chi connectivity index (χ0n) is 10.9. The maximum absolute atomic E-state index is 11.7. The van der Waals surface area contributed by atoms with Crippen LogP contribution in [0.25, 0.3) is 0 Å². The van der Waals surface area contributed by atoms with E-state index < -0.39 is 17.7 Å². The summed E-state index contributed by atoms with van der Waals surface area (Å²) in [5.41, 5.74) is 0.911. The molecular formula is C14H13N3O4. The highest BCUT2D eigenvalue weighted by atomic mass is 16.4. The number of hydrogen-bond acceptors (Lipinski definition) is 4. The van der Waals surface area contributed by atoms with E-state index in [9.17, 15) is 14.7 Å². The van der Waals surface area contributed by atoms with Gasteiger partial charge in [-0.15, -0.1) is 0 Å². The summed E-state index contributed by atoms with van der Waals surface area (Å²) in [4.78, 5) is 26.3. The third-order valence-electron chi connectivity index (χ3n) is 2.66. The number of carbonyl (C=O) groups is 2. The molecule has 0 aliphatic carbocycles. The largest absolute Gasteiger partial charge is 0.507 e. The smallest absolute Gasteiger partial charge is 0.339 e. The number of rotatable bonds is 4. The lowest BCUT2D eigenvalue weighted by Gasteiger charge is -2.08. The molecule has 1 aromatic heterocycles. The van der Waals surface area contributed by atoms with Crippen molar-refractivity contribution in [1.29, 1.82) is 0 Å². The van der Waals surface area contributed by atoms with Crippen LogP contribution in [0.1, 0.15) is 15.9 Å². The molecule has 0 spiro atoms. The minimum atomic E-state index is -1.24. The topological polar surface area (TPSA) is 112 Å². The van der Waals surface area contributed by atoms with Gasteiger partial charge in [0.15, 0.2) is 0 Å². The van der Waals surface area contributed by atoms with Crippen LogP contribution < -0.4 is 10.6 Å². The van der Waals surface area contributed by atoms with Gasteiger partial charge in [0.05, 0.1) is 0 Å². The second-order valence-corrected chi connectivity index (χ2v) is 4.21. The molecule has 2 rings (SSSR count). The average molecular weight is 287 g/mol. The molecule has 21 heavy (non-hydrogen) atoms. The zero-order chi connectivity index (χ0) is 15.2. The maximum atomic E-state index is 11.7. The van der Waals surface area contributed by atoms with Gasteiger partial charge < -0.3 is 20.8 Å². The van der Waals surface area contributed by atoms with Gasteiger partial charge >= 0.3 is 12.0 Å². The van der Waals surface area contributed by atoms with E-state index in [0.29, 0.717) is 12.2 Å². The summed E-state index contributed by atoms with van der Waals surface area (Å²) in [6.07, 6.45) is 3.27. The number of hydrogen-bond donors (Lipinski definition) is 4. The molecule has 0 saturated heterocycles. The van der Waals surface area contributed by atoms with Gasteiger partial charge in [-0.25, -0.2) is 9.59 Å². The van der Waals surface area contributed by atoms with Crippen molar-refractivity contribution in [2.24, 2.45) is 0 Å². The number of aromatic nitrogens is 1. The number of amides is 2. The molecule has 0 radical (unpaired) electrons. The van der Waals surface area contributed by atoms with Crippen LogP contribution in [0.4, 0.5) is 10.5 Å². The van der Waals surface area contributed by atoms with Crippen molar-refractivity contribution in [3.05, 3.63) is 53.9 Å². The number of carboxylic acids is 1. The van der Waals surface area contributed by atoms with Gasteiger partial charge in [0.1, 0.15) is 11.3 Å². The predicted molar refractivity (Wildman–Crippen MR) is 75.2 cm³/mol. The summed E-state index contributed by atoms with van der Waals surface area (Å²) in [6, 6.07) is 6.90. The Kier molecular flexibility index (Phi) is 4.35. The maximum Gasteiger partial charge on any atom is 0.339 e. The first-order chi connectivity index (χ1) is 10.1. The molecule has 7 nitrogen and oxygen atoms in total. The molecule has 7 heteroatoms.